The Kier molecular flexibility index (Phi) is 5.87. The fraction of sp³-hybridized carbons (Fsp3) is 0.409. The van der Waals surface area contributed by atoms with Crippen molar-refractivity contribution in [3.8, 4) is 5.75 Å². The van der Waals surface area contributed by atoms with Gasteiger partial charge in [-0.2, -0.15) is 4.31 Å². The molecule has 1 aliphatic carbocycles. The molecule has 2 fully saturated rings. The summed E-state index contributed by atoms with van der Waals surface area (Å²) in [6.07, 6.45) is 6.50. The highest BCUT2D eigenvalue weighted by Crippen LogP contribution is 2.26. The number of nitrogens with one attached hydrogen (secondary N) is 1. The van der Waals surface area contributed by atoms with Gasteiger partial charge >= 0.3 is 0 Å². The smallest absolute Gasteiger partial charge is 0.255 e. The molecule has 2 aromatic carbocycles. The van der Waals surface area contributed by atoms with Crippen LogP contribution in [0.1, 0.15) is 48.9 Å². The van der Waals surface area contributed by atoms with Gasteiger partial charge < -0.3 is 10.1 Å². The Bertz CT molecular complexity index is 978. The van der Waals surface area contributed by atoms with E-state index in [9.17, 15) is 13.2 Å². The van der Waals surface area contributed by atoms with Crippen molar-refractivity contribution in [2.24, 2.45) is 0 Å². The van der Waals surface area contributed by atoms with Crippen LogP contribution in [-0.4, -0.2) is 37.8 Å². The molecule has 0 spiro atoms. The first-order valence-electron chi connectivity index (χ1n) is 10.2. The Morgan fingerprint density at radius 3 is 2.45 bits per heavy atom. The lowest BCUT2D eigenvalue weighted by atomic mass is 10.2. The molecule has 1 N–H and O–H groups in total. The Labute approximate surface area is 171 Å². The number of anilines is 1. The normalized spacial score (nSPS) is 18.1. The van der Waals surface area contributed by atoms with E-state index in [2.05, 4.69) is 5.32 Å². The molecule has 1 saturated heterocycles. The third-order valence-corrected chi connectivity index (χ3v) is 7.39. The molecule has 7 heteroatoms. The second-order valence-electron chi connectivity index (χ2n) is 7.65. The van der Waals surface area contributed by atoms with Crippen LogP contribution in [0.15, 0.2) is 53.4 Å². The van der Waals surface area contributed by atoms with Gasteiger partial charge in [-0.15, -0.1) is 0 Å². The number of sulfonamides is 1. The topological polar surface area (TPSA) is 75.7 Å². The van der Waals surface area contributed by atoms with E-state index in [1.165, 1.54) is 23.2 Å². The summed E-state index contributed by atoms with van der Waals surface area (Å²) in [6.45, 7) is 1.07. The van der Waals surface area contributed by atoms with E-state index in [-0.39, 0.29) is 16.9 Å². The van der Waals surface area contributed by atoms with E-state index in [0.29, 0.717) is 24.3 Å². The number of carbonyl (C=O) groups is 1. The van der Waals surface area contributed by atoms with Crippen LogP contribution in [0.2, 0.25) is 0 Å². The minimum absolute atomic E-state index is 0.158. The summed E-state index contributed by atoms with van der Waals surface area (Å²) in [4.78, 5) is 12.9. The van der Waals surface area contributed by atoms with Gasteiger partial charge in [0.25, 0.3) is 5.91 Å². The zero-order chi connectivity index (χ0) is 20.3. The summed E-state index contributed by atoms with van der Waals surface area (Å²) in [5.41, 5.74) is 0.936. The summed E-state index contributed by atoms with van der Waals surface area (Å²) in [6, 6.07) is 13.5. The van der Waals surface area contributed by atoms with Crippen molar-refractivity contribution in [3.63, 3.8) is 0 Å². The molecule has 0 unspecified atom stereocenters. The van der Waals surface area contributed by atoms with Crippen LogP contribution in [-0.2, 0) is 10.0 Å². The maximum atomic E-state index is 12.8. The molecule has 0 bridgehead atoms. The molecule has 1 saturated carbocycles. The van der Waals surface area contributed by atoms with Crippen LogP contribution in [0.3, 0.4) is 0 Å². The lowest BCUT2D eigenvalue weighted by molar-refractivity contribution is 0.102. The molecular formula is C22H26N2O4S. The SMILES string of the molecule is O=C(Nc1cccc(OC2CCCC2)c1)c1cccc(S(=O)(=O)N2CCCC2)c1. The van der Waals surface area contributed by atoms with E-state index in [0.717, 1.165) is 31.4 Å². The van der Waals surface area contributed by atoms with Crippen molar-refractivity contribution in [2.45, 2.75) is 49.5 Å². The summed E-state index contributed by atoms with van der Waals surface area (Å²) in [5.74, 6) is 0.390. The fourth-order valence-electron chi connectivity index (χ4n) is 3.92. The Morgan fingerprint density at radius 2 is 1.69 bits per heavy atom. The molecule has 1 aliphatic heterocycles. The largest absolute Gasteiger partial charge is 0.490 e. The molecule has 29 heavy (non-hydrogen) atoms. The van der Waals surface area contributed by atoms with Crippen LogP contribution in [0.4, 0.5) is 5.69 Å². The van der Waals surface area contributed by atoms with Gasteiger partial charge in [-0.3, -0.25) is 4.79 Å². The number of nitrogens with zero attached hydrogens (tertiary/aromatic N) is 1. The zero-order valence-electron chi connectivity index (χ0n) is 16.3. The molecule has 1 heterocycles. The Hall–Kier alpha value is -2.38. The van der Waals surface area contributed by atoms with Crippen LogP contribution in [0.5, 0.6) is 5.75 Å². The van der Waals surface area contributed by atoms with Gasteiger partial charge in [0.15, 0.2) is 0 Å². The van der Waals surface area contributed by atoms with Crippen LogP contribution >= 0.6 is 0 Å². The van der Waals surface area contributed by atoms with Crippen molar-refractivity contribution in [1.82, 2.24) is 4.31 Å². The van der Waals surface area contributed by atoms with E-state index < -0.39 is 10.0 Å². The monoisotopic (exact) mass is 414 g/mol. The van der Waals surface area contributed by atoms with Crippen molar-refractivity contribution in [3.05, 3.63) is 54.1 Å². The predicted molar refractivity (Wildman–Crippen MR) is 112 cm³/mol. The summed E-state index contributed by atoms with van der Waals surface area (Å²) >= 11 is 0. The number of rotatable bonds is 6. The summed E-state index contributed by atoms with van der Waals surface area (Å²) < 4.78 is 33.0. The molecule has 0 atom stereocenters. The Morgan fingerprint density at radius 1 is 0.966 bits per heavy atom. The highest BCUT2D eigenvalue weighted by Gasteiger charge is 2.27. The average molecular weight is 415 g/mol. The van der Waals surface area contributed by atoms with E-state index in [1.807, 2.05) is 12.1 Å². The fourth-order valence-corrected chi connectivity index (χ4v) is 5.49. The number of carbonyl (C=O) groups excluding carboxylic acids is 1. The maximum Gasteiger partial charge on any atom is 0.255 e. The highest BCUT2D eigenvalue weighted by atomic mass is 32.2. The summed E-state index contributed by atoms with van der Waals surface area (Å²) in [7, 11) is -3.55. The van der Waals surface area contributed by atoms with E-state index in [1.54, 1.807) is 30.3 Å². The first-order valence-corrected chi connectivity index (χ1v) is 11.6. The standard InChI is InChI=1S/C22H26N2O4S/c25-22(23-18-8-6-11-20(16-18)28-19-9-1-2-10-19)17-7-5-12-21(15-17)29(26,27)24-13-3-4-14-24/h5-8,11-12,15-16,19H,1-4,9-10,13-14H2,(H,23,25). The van der Waals surface area contributed by atoms with Gasteiger partial charge in [0.1, 0.15) is 5.75 Å². The van der Waals surface area contributed by atoms with Crippen LogP contribution in [0, 0.1) is 0 Å². The van der Waals surface area contributed by atoms with Gasteiger partial charge in [0, 0.05) is 30.4 Å². The highest BCUT2D eigenvalue weighted by molar-refractivity contribution is 7.89. The minimum Gasteiger partial charge on any atom is -0.490 e. The first-order chi connectivity index (χ1) is 14.0. The molecule has 6 nitrogen and oxygen atoms in total. The molecule has 2 aromatic rings. The summed E-state index contributed by atoms with van der Waals surface area (Å²) in [5, 5.41) is 2.84. The van der Waals surface area contributed by atoms with Gasteiger partial charge in [0.05, 0.1) is 11.0 Å². The third kappa shape index (κ3) is 4.62. The number of hydrogen-bond donors (Lipinski definition) is 1. The minimum atomic E-state index is -3.55. The molecule has 2 aliphatic rings. The molecule has 1 amide bonds. The van der Waals surface area contributed by atoms with Crippen molar-refractivity contribution < 1.29 is 17.9 Å². The van der Waals surface area contributed by atoms with Gasteiger partial charge in [0.2, 0.25) is 10.0 Å². The molecule has 0 aromatic heterocycles. The predicted octanol–water partition coefficient (Wildman–Crippen LogP) is 4.04. The van der Waals surface area contributed by atoms with E-state index >= 15 is 0 Å². The number of hydrogen-bond acceptors (Lipinski definition) is 4. The molecule has 154 valence electrons. The lowest BCUT2D eigenvalue weighted by Gasteiger charge is -2.16. The Balaban J connectivity index is 1.47. The zero-order valence-corrected chi connectivity index (χ0v) is 17.2. The maximum absolute atomic E-state index is 12.8. The second kappa shape index (κ2) is 8.55. The first kappa shape index (κ1) is 19.9. The molecule has 4 rings (SSSR count). The van der Waals surface area contributed by atoms with Crippen molar-refractivity contribution >= 4 is 21.6 Å². The van der Waals surface area contributed by atoms with Crippen LogP contribution in [0.25, 0.3) is 0 Å². The number of amides is 1. The quantitative estimate of drug-likeness (QED) is 0.774. The van der Waals surface area contributed by atoms with Gasteiger partial charge in [-0.05, 0) is 68.9 Å². The molecule has 0 radical (unpaired) electrons. The van der Waals surface area contributed by atoms with Crippen molar-refractivity contribution in [2.75, 3.05) is 18.4 Å². The van der Waals surface area contributed by atoms with Crippen molar-refractivity contribution in [1.29, 1.82) is 0 Å². The molecular weight excluding hydrogens is 388 g/mol. The van der Waals surface area contributed by atoms with E-state index in [4.69, 9.17) is 4.74 Å². The van der Waals surface area contributed by atoms with Gasteiger partial charge in [-0.1, -0.05) is 12.1 Å². The average Bonchev–Trinajstić information content (AvgIpc) is 3.43. The van der Waals surface area contributed by atoms with Gasteiger partial charge in [-0.25, -0.2) is 8.42 Å². The van der Waals surface area contributed by atoms with Crippen LogP contribution < -0.4 is 10.1 Å². The second-order valence-corrected chi connectivity index (χ2v) is 9.58. The third-order valence-electron chi connectivity index (χ3n) is 5.50. The number of ether oxygens (including phenoxy) is 1. The lowest BCUT2D eigenvalue weighted by Crippen LogP contribution is -2.28. The number of benzene rings is 2.